The van der Waals surface area contributed by atoms with Gasteiger partial charge < -0.3 is 4.74 Å². The Morgan fingerprint density at radius 3 is 2.08 bits per heavy atom. The fourth-order valence-electron chi connectivity index (χ4n) is 0.573. The van der Waals surface area contributed by atoms with E-state index >= 15 is 0 Å². The van der Waals surface area contributed by atoms with Crippen molar-refractivity contribution < 1.29 is 35.2 Å². The zero-order chi connectivity index (χ0) is 10.3. The van der Waals surface area contributed by atoms with Crippen molar-refractivity contribution in [2.45, 2.75) is 6.36 Å². The third kappa shape index (κ3) is 6.85. The zero-order valence-electron chi connectivity index (χ0n) is 6.44. The van der Waals surface area contributed by atoms with E-state index in [1.165, 1.54) is 24.3 Å². The van der Waals surface area contributed by atoms with Crippen molar-refractivity contribution in [1.82, 2.24) is 0 Å². The molecule has 0 radical (unpaired) electrons. The van der Waals surface area contributed by atoms with E-state index < -0.39 is 6.36 Å². The molecule has 0 aliphatic heterocycles. The molecule has 0 aliphatic rings. The molecule has 1 aromatic carbocycles. The standard InChI is InChI=1S/C7H4F3O.ClH.Zn/c8-7(9,10)11-6-4-2-1-3-5-6;;/h2-5H;1H;/q-1;;+2/p-1. The predicted molar refractivity (Wildman–Crippen MR) is 37.8 cm³/mol. The Labute approximate surface area is 87.6 Å². The van der Waals surface area contributed by atoms with Gasteiger partial charge in [0.15, 0.2) is 0 Å². The van der Waals surface area contributed by atoms with Gasteiger partial charge in [-0.3, -0.25) is 0 Å². The summed E-state index contributed by atoms with van der Waals surface area (Å²) in [6, 6.07) is 7.64. The van der Waals surface area contributed by atoms with Gasteiger partial charge in [0, 0.05) is 5.75 Å². The maximum absolute atomic E-state index is 11.5. The van der Waals surface area contributed by atoms with Crippen molar-refractivity contribution in [3.63, 3.8) is 0 Å². The van der Waals surface area contributed by atoms with Crippen LogP contribution in [-0.4, -0.2) is 6.36 Å². The molecule has 0 aliphatic carbocycles. The van der Waals surface area contributed by atoms with E-state index in [0.717, 1.165) is 17.3 Å². The van der Waals surface area contributed by atoms with Crippen LogP contribution in [0, 0.1) is 6.07 Å². The van der Waals surface area contributed by atoms with E-state index in [4.69, 9.17) is 9.69 Å². The number of ether oxygens (including phenoxy) is 1. The molecule has 13 heavy (non-hydrogen) atoms. The summed E-state index contributed by atoms with van der Waals surface area (Å²) in [6.45, 7) is 0. The van der Waals surface area contributed by atoms with Crippen LogP contribution >= 0.6 is 9.69 Å². The molecule has 1 nitrogen and oxygen atoms in total. The van der Waals surface area contributed by atoms with Crippen LogP contribution in [0.2, 0.25) is 0 Å². The first-order chi connectivity index (χ1) is 6.08. The summed E-state index contributed by atoms with van der Waals surface area (Å²) in [5, 5.41) is 0. The third-order valence-corrected chi connectivity index (χ3v) is 0.921. The van der Waals surface area contributed by atoms with Gasteiger partial charge in [-0.1, -0.05) is 0 Å². The summed E-state index contributed by atoms with van der Waals surface area (Å²) in [5.41, 5.74) is 0. The maximum atomic E-state index is 11.5. The zero-order valence-corrected chi connectivity index (χ0v) is 10.2. The molecule has 1 aromatic rings. The molecule has 0 saturated heterocycles. The Morgan fingerprint density at radius 2 is 1.69 bits per heavy atom. The molecule has 0 amide bonds. The number of hydrogen-bond acceptors (Lipinski definition) is 1. The molecule has 0 heterocycles. The van der Waals surface area contributed by atoms with Gasteiger partial charge in [-0.25, -0.2) is 0 Å². The van der Waals surface area contributed by atoms with E-state index in [-0.39, 0.29) is 5.75 Å². The first-order valence-corrected chi connectivity index (χ1v) is 6.96. The fraction of sp³-hybridized carbons (Fsp3) is 0.143. The van der Waals surface area contributed by atoms with Gasteiger partial charge in [-0.2, -0.15) is 18.2 Å². The minimum atomic E-state index is -4.61. The molecule has 0 N–H and O–H groups in total. The van der Waals surface area contributed by atoms with Gasteiger partial charge in [-0.15, -0.1) is 25.3 Å². The summed E-state index contributed by atoms with van der Waals surface area (Å²) in [6.07, 6.45) is -4.61. The predicted octanol–water partition coefficient (Wildman–Crippen LogP) is 3.07. The summed E-state index contributed by atoms with van der Waals surface area (Å²) in [5.74, 6) is -0.226. The number of hydrogen-bond donors (Lipinski definition) is 0. The van der Waals surface area contributed by atoms with Crippen molar-refractivity contribution >= 4 is 9.69 Å². The van der Waals surface area contributed by atoms with Crippen LogP contribution in [0.1, 0.15) is 0 Å². The fourth-order valence-corrected chi connectivity index (χ4v) is 0.573. The van der Waals surface area contributed by atoms with E-state index in [9.17, 15) is 13.2 Å². The molecular formula is C7H4ClF3OZn. The van der Waals surface area contributed by atoms with Crippen LogP contribution in [-0.2, 0) is 17.3 Å². The number of benzene rings is 1. The molecule has 0 spiro atoms. The average molecular weight is 262 g/mol. The Morgan fingerprint density at radius 1 is 1.23 bits per heavy atom. The number of halogens is 4. The van der Waals surface area contributed by atoms with Crippen LogP contribution in [0.25, 0.3) is 0 Å². The summed E-state index contributed by atoms with van der Waals surface area (Å²) < 4.78 is 38.1. The molecule has 0 aromatic heterocycles. The van der Waals surface area contributed by atoms with Gasteiger partial charge >= 0.3 is 33.4 Å². The summed E-state index contributed by atoms with van der Waals surface area (Å²) in [4.78, 5) is 0. The van der Waals surface area contributed by atoms with E-state index in [0.29, 0.717) is 0 Å². The van der Waals surface area contributed by atoms with Gasteiger partial charge in [0.1, 0.15) is 0 Å². The van der Waals surface area contributed by atoms with Crippen molar-refractivity contribution in [2.24, 2.45) is 0 Å². The van der Waals surface area contributed by atoms with E-state index in [2.05, 4.69) is 10.8 Å². The molecule has 0 unspecified atom stereocenters. The molecule has 6 heteroatoms. The Kier molecular flexibility index (Phi) is 6.09. The molecule has 0 fully saturated rings. The third-order valence-electron chi connectivity index (χ3n) is 0.921. The molecule has 0 saturated carbocycles. The first kappa shape index (κ1) is 12.7. The van der Waals surface area contributed by atoms with E-state index in [1.807, 2.05) is 0 Å². The second kappa shape index (κ2) is 6.22. The molecule has 0 bridgehead atoms. The van der Waals surface area contributed by atoms with E-state index in [1.54, 1.807) is 0 Å². The van der Waals surface area contributed by atoms with Crippen molar-refractivity contribution in [3.8, 4) is 5.75 Å². The minimum absolute atomic E-state index is 0.226. The Hall–Kier alpha value is -0.277. The molecular weight excluding hydrogens is 258 g/mol. The second-order valence-electron chi connectivity index (χ2n) is 1.78. The van der Waals surface area contributed by atoms with Crippen molar-refractivity contribution in [3.05, 3.63) is 30.3 Å². The molecule has 0 atom stereocenters. The Bertz CT molecular complexity index is 227. The quantitative estimate of drug-likeness (QED) is 0.558. The van der Waals surface area contributed by atoms with Crippen molar-refractivity contribution in [2.75, 3.05) is 0 Å². The monoisotopic (exact) mass is 260 g/mol. The average Bonchev–Trinajstić information content (AvgIpc) is 2.07. The molecule has 68 valence electrons. The topological polar surface area (TPSA) is 9.23 Å². The van der Waals surface area contributed by atoms with Gasteiger partial charge in [0.2, 0.25) is 0 Å². The Balaban J connectivity index is 0.000000671. The summed E-state index contributed by atoms with van der Waals surface area (Å²) in [7, 11) is 4.76. The SMILES string of the molecule is FC(F)(F)Oc1cc[c-]cc1.[Cl][Zn+]. The summed E-state index contributed by atoms with van der Waals surface area (Å²) >= 11 is 0.847. The van der Waals surface area contributed by atoms with Gasteiger partial charge in [-0.05, 0) is 0 Å². The molecule has 1 rings (SSSR count). The van der Waals surface area contributed by atoms with Gasteiger partial charge in [0.25, 0.3) is 0 Å². The van der Waals surface area contributed by atoms with Crippen LogP contribution < -0.4 is 4.74 Å². The van der Waals surface area contributed by atoms with Gasteiger partial charge in [0.05, 0.1) is 0 Å². The number of rotatable bonds is 1. The normalized spacial score (nSPS) is 10.0. The van der Waals surface area contributed by atoms with Crippen LogP contribution in [0.3, 0.4) is 0 Å². The second-order valence-corrected chi connectivity index (χ2v) is 1.78. The number of alkyl halides is 3. The van der Waals surface area contributed by atoms with Crippen molar-refractivity contribution in [1.29, 1.82) is 0 Å². The van der Waals surface area contributed by atoms with Crippen LogP contribution in [0.15, 0.2) is 24.3 Å². The first-order valence-electron chi connectivity index (χ1n) is 3.06. The van der Waals surface area contributed by atoms with Crippen LogP contribution in [0.4, 0.5) is 13.2 Å². The van der Waals surface area contributed by atoms with Crippen LogP contribution in [0.5, 0.6) is 5.75 Å².